The predicted octanol–water partition coefficient (Wildman–Crippen LogP) is 3.39. The van der Waals surface area contributed by atoms with Crippen LogP contribution < -0.4 is 10.6 Å². The van der Waals surface area contributed by atoms with Crippen LogP contribution in [-0.4, -0.2) is 60.1 Å². The van der Waals surface area contributed by atoms with Crippen LogP contribution in [0.4, 0.5) is 19.4 Å². The Hall–Kier alpha value is -3.30. The number of benzene rings is 2. The molecule has 2 amide bonds. The van der Waals surface area contributed by atoms with Gasteiger partial charge in [0, 0.05) is 44.8 Å². The second-order valence-corrected chi connectivity index (χ2v) is 7.73. The molecule has 0 radical (unpaired) electrons. The van der Waals surface area contributed by atoms with Crippen LogP contribution >= 0.6 is 0 Å². The van der Waals surface area contributed by atoms with Gasteiger partial charge in [0.1, 0.15) is 17.5 Å². The molecule has 1 fully saturated rings. The molecule has 0 bridgehead atoms. The molecule has 0 spiro atoms. The summed E-state index contributed by atoms with van der Waals surface area (Å²) in [5.41, 5.74) is 1.33. The van der Waals surface area contributed by atoms with Crippen molar-refractivity contribution in [1.82, 2.24) is 20.0 Å². The normalized spacial score (nSPS) is 18.6. The number of halogens is 2. The van der Waals surface area contributed by atoms with Crippen LogP contribution in [0.3, 0.4) is 0 Å². The van der Waals surface area contributed by atoms with Crippen molar-refractivity contribution in [3.05, 3.63) is 78.0 Å². The number of rotatable bonds is 7. The van der Waals surface area contributed by atoms with E-state index in [1.54, 1.807) is 24.1 Å². The number of carbonyl (C=O) groups excluding carboxylic acids is 1. The molecule has 2 aromatic carbocycles. The molecule has 9 heteroatoms. The molecule has 2 N–H and O–H groups in total. The zero-order valence-corrected chi connectivity index (χ0v) is 17.7. The van der Waals surface area contributed by atoms with E-state index in [9.17, 15) is 13.6 Å². The van der Waals surface area contributed by atoms with Gasteiger partial charge in [-0.25, -0.2) is 18.3 Å². The SMILES string of the molecule is COCCN1C[C@@H](NC(=O)Nc2ccnn2-c2ccccc2)[C@H](c2cc(F)cc(F)c2)C1. The minimum Gasteiger partial charge on any atom is -0.383 e. The van der Waals surface area contributed by atoms with Crippen molar-refractivity contribution in [2.75, 3.05) is 38.7 Å². The zero-order valence-electron chi connectivity index (χ0n) is 17.7. The number of nitrogens with one attached hydrogen (secondary N) is 2. The molecule has 1 aliphatic heterocycles. The van der Waals surface area contributed by atoms with Gasteiger partial charge in [0.25, 0.3) is 0 Å². The maximum Gasteiger partial charge on any atom is 0.320 e. The zero-order chi connectivity index (χ0) is 22.5. The van der Waals surface area contributed by atoms with Crippen LogP contribution in [0.2, 0.25) is 0 Å². The Morgan fingerprint density at radius 3 is 2.59 bits per heavy atom. The second-order valence-electron chi connectivity index (χ2n) is 7.73. The number of nitrogens with zero attached hydrogens (tertiary/aromatic N) is 3. The summed E-state index contributed by atoms with van der Waals surface area (Å²) in [5.74, 6) is -1.02. The average Bonchev–Trinajstić information content (AvgIpc) is 3.39. The number of hydrogen-bond donors (Lipinski definition) is 2. The lowest BCUT2D eigenvalue weighted by Crippen LogP contribution is -2.42. The number of urea groups is 1. The number of ether oxygens (including phenoxy) is 1. The fraction of sp³-hybridized carbons (Fsp3) is 0.304. The van der Waals surface area contributed by atoms with Gasteiger partial charge < -0.3 is 10.1 Å². The van der Waals surface area contributed by atoms with Crippen LogP contribution in [0.5, 0.6) is 0 Å². The number of anilines is 1. The van der Waals surface area contributed by atoms with E-state index in [2.05, 4.69) is 20.6 Å². The van der Waals surface area contributed by atoms with Gasteiger partial charge in [0.2, 0.25) is 0 Å². The standard InChI is InChI=1S/C23H25F2N5O2/c1-32-10-9-29-14-20(16-11-17(24)13-18(25)12-16)21(15-29)27-23(31)28-22-7-8-26-30(22)19-5-3-2-4-6-19/h2-8,11-13,20-21H,9-10,14-15H2,1H3,(H2,27,28,31)/t20-,21+/m0/s1. The molecule has 0 saturated carbocycles. The van der Waals surface area contributed by atoms with E-state index < -0.39 is 17.7 Å². The minimum absolute atomic E-state index is 0.262. The summed E-state index contributed by atoms with van der Waals surface area (Å²) in [6.07, 6.45) is 1.60. The number of para-hydroxylation sites is 1. The van der Waals surface area contributed by atoms with Gasteiger partial charge in [-0.2, -0.15) is 5.10 Å². The second kappa shape index (κ2) is 9.88. The highest BCUT2D eigenvalue weighted by molar-refractivity contribution is 5.89. The Balaban J connectivity index is 1.49. The predicted molar refractivity (Wildman–Crippen MR) is 117 cm³/mol. The third-order valence-corrected chi connectivity index (χ3v) is 5.52. The molecule has 1 aliphatic rings. The van der Waals surface area contributed by atoms with E-state index in [0.717, 1.165) is 11.8 Å². The van der Waals surface area contributed by atoms with Crippen LogP contribution in [0.15, 0.2) is 60.8 Å². The maximum atomic E-state index is 13.8. The number of carbonyl (C=O) groups is 1. The van der Waals surface area contributed by atoms with E-state index in [0.29, 0.717) is 37.6 Å². The van der Waals surface area contributed by atoms with Gasteiger partial charge in [-0.1, -0.05) is 18.2 Å². The van der Waals surface area contributed by atoms with Crippen molar-refractivity contribution >= 4 is 11.8 Å². The number of likely N-dealkylation sites (tertiary alicyclic amines) is 1. The summed E-state index contributed by atoms with van der Waals surface area (Å²) in [5, 5.41) is 10.1. The fourth-order valence-corrected chi connectivity index (χ4v) is 4.06. The molecule has 3 aromatic rings. The summed E-state index contributed by atoms with van der Waals surface area (Å²) in [7, 11) is 1.62. The van der Waals surface area contributed by atoms with Gasteiger partial charge >= 0.3 is 6.03 Å². The highest BCUT2D eigenvalue weighted by Crippen LogP contribution is 2.29. The van der Waals surface area contributed by atoms with E-state index in [4.69, 9.17) is 4.74 Å². The number of methoxy groups -OCH3 is 1. The molecule has 1 aromatic heterocycles. The van der Waals surface area contributed by atoms with Crippen LogP contribution in [-0.2, 0) is 4.74 Å². The highest BCUT2D eigenvalue weighted by Gasteiger charge is 2.35. The molecule has 168 valence electrons. The van der Waals surface area contributed by atoms with E-state index in [1.165, 1.54) is 12.1 Å². The third kappa shape index (κ3) is 5.12. The monoisotopic (exact) mass is 441 g/mol. The van der Waals surface area contributed by atoms with Gasteiger partial charge in [-0.15, -0.1) is 0 Å². The summed E-state index contributed by atoms with van der Waals surface area (Å²) in [6.45, 7) is 2.28. The quantitative estimate of drug-likeness (QED) is 0.590. The van der Waals surface area contributed by atoms with Gasteiger partial charge in [-0.05, 0) is 29.8 Å². The first-order valence-corrected chi connectivity index (χ1v) is 10.4. The highest BCUT2D eigenvalue weighted by atomic mass is 19.1. The Kier molecular flexibility index (Phi) is 6.77. The summed E-state index contributed by atoms with van der Waals surface area (Å²) in [4.78, 5) is 14.9. The summed E-state index contributed by atoms with van der Waals surface area (Å²) < 4.78 is 34.5. The van der Waals surface area contributed by atoms with E-state index in [-0.39, 0.29) is 12.0 Å². The minimum atomic E-state index is -0.634. The Morgan fingerprint density at radius 1 is 1.12 bits per heavy atom. The molecule has 1 saturated heterocycles. The fourth-order valence-electron chi connectivity index (χ4n) is 4.06. The summed E-state index contributed by atoms with van der Waals surface area (Å²) >= 11 is 0. The number of amides is 2. The molecule has 32 heavy (non-hydrogen) atoms. The first-order chi connectivity index (χ1) is 15.5. The maximum absolute atomic E-state index is 13.8. The molecule has 0 aliphatic carbocycles. The van der Waals surface area contributed by atoms with Crippen molar-refractivity contribution in [1.29, 1.82) is 0 Å². The van der Waals surface area contributed by atoms with Crippen LogP contribution in [0.25, 0.3) is 5.69 Å². The molecule has 0 unspecified atom stereocenters. The lowest BCUT2D eigenvalue weighted by Gasteiger charge is -2.21. The number of aromatic nitrogens is 2. The largest absolute Gasteiger partial charge is 0.383 e. The van der Waals surface area contributed by atoms with E-state index in [1.807, 2.05) is 30.3 Å². The smallest absolute Gasteiger partial charge is 0.320 e. The Bertz CT molecular complexity index is 1040. The van der Waals surface area contributed by atoms with Crippen LogP contribution in [0.1, 0.15) is 11.5 Å². The Labute approximate surface area is 185 Å². The van der Waals surface area contributed by atoms with Crippen molar-refractivity contribution in [2.24, 2.45) is 0 Å². The summed E-state index contributed by atoms with van der Waals surface area (Å²) in [6, 6.07) is 13.9. The molecular formula is C23H25F2N5O2. The Morgan fingerprint density at radius 2 is 1.88 bits per heavy atom. The average molecular weight is 441 g/mol. The lowest BCUT2D eigenvalue weighted by atomic mass is 9.94. The van der Waals surface area contributed by atoms with Gasteiger partial charge in [-0.3, -0.25) is 10.2 Å². The van der Waals surface area contributed by atoms with Crippen LogP contribution in [0, 0.1) is 11.6 Å². The molecule has 2 atom stereocenters. The first-order valence-electron chi connectivity index (χ1n) is 10.4. The van der Waals surface area contributed by atoms with E-state index >= 15 is 0 Å². The topological polar surface area (TPSA) is 71.4 Å². The number of hydrogen-bond acceptors (Lipinski definition) is 4. The first kappa shape index (κ1) is 21.9. The van der Waals surface area contributed by atoms with Crippen molar-refractivity contribution in [2.45, 2.75) is 12.0 Å². The third-order valence-electron chi connectivity index (χ3n) is 5.52. The van der Waals surface area contributed by atoms with Gasteiger partial charge in [0.15, 0.2) is 0 Å². The molecule has 2 heterocycles. The van der Waals surface area contributed by atoms with Crippen molar-refractivity contribution in [3.8, 4) is 5.69 Å². The molecular weight excluding hydrogens is 416 g/mol. The molecule has 7 nitrogen and oxygen atoms in total. The molecule has 4 rings (SSSR count). The lowest BCUT2D eigenvalue weighted by molar-refractivity contribution is 0.159. The van der Waals surface area contributed by atoms with Crippen molar-refractivity contribution < 1.29 is 18.3 Å². The van der Waals surface area contributed by atoms with Gasteiger partial charge in [0.05, 0.1) is 24.5 Å². The van der Waals surface area contributed by atoms with Crippen molar-refractivity contribution in [3.63, 3.8) is 0 Å².